The number of carbonyl (C=O) groups is 2. The molecule has 2 aromatic heterocycles. The summed E-state index contributed by atoms with van der Waals surface area (Å²) in [6.07, 6.45) is 3.10. The van der Waals surface area contributed by atoms with E-state index in [-0.39, 0.29) is 5.91 Å². The minimum Gasteiger partial charge on any atom is -0.449 e. The van der Waals surface area contributed by atoms with Gasteiger partial charge < -0.3 is 9.64 Å². The average molecular weight is 361 g/mol. The van der Waals surface area contributed by atoms with Gasteiger partial charge in [0.25, 0.3) is 5.91 Å². The standard InChI is InChI=1S/C18H19NO3S2/c1-13(17(20)19-8-2-3-9-19)22-18(21)15(16-7-5-11-24-16)12-14-6-4-10-23-14/h4-7,10-13H,2-3,8-9H2,1H3/b15-12+/t13-/m0/s1. The third kappa shape index (κ3) is 3.94. The Morgan fingerprint density at radius 1 is 1.17 bits per heavy atom. The van der Waals surface area contributed by atoms with Crippen LogP contribution in [0.2, 0.25) is 0 Å². The van der Waals surface area contributed by atoms with Crippen LogP contribution < -0.4 is 0 Å². The summed E-state index contributed by atoms with van der Waals surface area (Å²) < 4.78 is 5.47. The van der Waals surface area contributed by atoms with E-state index in [4.69, 9.17) is 4.74 Å². The van der Waals surface area contributed by atoms with Crippen molar-refractivity contribution in [1.29, 1.82) is 0 Å². The zero-order valence-electron chi connectivity index (χ0n) is 13.4. The summed E-state index contributed by atoms with van der Waals surface area (Å²) in [5, 5.41) is 3.88. The molecule has 0 unspecified atom stereocenters. The van der Waals surface area contributed by atoms with Crippen molar-refractivity contribution in [2.75, 3.05) is 13.1 Å². The molecule has 0 aliphatic carbocycles. The molecule has 0 bridgehead atoms. The monoisotopic (exact) mass is 361 g/mol. The van der Waals surface area contributed by atoms with E-state index in [0.29, 0.717) is 5.57 Å². The molecule has 1 saturated heterocycles. The third-order valence-corrected chi connectivity index (χ3v) is 5.61. The van der Waals surface area contributed by atoms with E-state index in [0.717, 1.165) is 35.7 Å². The number of ether oxygens (including phenoxy) is 1. The van der Waals surface area contributed by atoms with Crippen molar-refractivity contribution in [3.63, 3.8) is 0 Å². The highest BCUT2D eigenvalue weighted by atomic mass is 32.1. The molecular weight excluding hydrogens is 342 g/mol. The summed E-state index contributed by atoms with van der Waals surface area (Å²) >= 11 is 3.04. The Balaban J connectivity index is 1.75. The topological polar surface area (TPSA) is 46.6 Å². The van der Waals surface area contributed by atoms with Crippen molar-refractivity contribution >= 4 is 46.2 Å². The summed E-state index contributed by atoms with van der Waals surface area (Å²) in [5.41, 5.74) is 0.494. The Hall–Kier alpha value is -1.92. The van der Waals surface area contributed by atoms with E-state index in [9.17, 15) is 9.59 Å². The molecular formula is C18H19NO3S2. The molecule has 3 rings (SSSR count). The van der Waals surface area contributed by atoms with Crippen molar-refractivity contribution in [2.45, 2.75) is 25.9 Å². The van der Waals surface area contributed by atoms with Gasteiger partial charge in [0.2, 0.25) is 0 Å². The SMILES string of the molecule is C[C@H](OC(=O)/C(=C/c1cccs1)c1cccs1)C(=O)N1CCCC1. The zero-order chi connectivity index (χ0) is 16.9. The molecule has 2 aromatic rings. The second-order valence-electron chi connectivity index (χ2n) is 5.63. The molecule has 0 radical (unpaired) electrons. The van der Waals surface area contributed by atoms with Gasteiger partial charge in [0.15, 0.2) is 6.10 Å². The maximum atomic E-state index is 12.6. The molecule has 24 heavy (non-hydrogen) atoms. The quantitative estimate of drug-likeness (QED) is 0.599. The predicted molar refractivity (Wildman–Crippen MR) is 97.9 cm³/mol. The number of hydrogen-bond donors (Lipinski definition) is 0. The number of thiophene rings is 2. The minimum absolute atomic E-state index is 0.109. The van der Waals surface area contributed by atoms with Crippen molar-refractivity contribution in [2.24, 2.45) is 0 Å². The second kappa shape index (κ2) is 7.77. The van der Waals surface area contributed by atoms with Crippen LogP contribution in [0, 0.1) is 0 Å². The van der Waals surface area contributed by atoms with Crippen LogP contribution in [0.15, 0.2) is 35.0 Å². The molecule has 0 aromatic carbocycles. The van der Waals surface area contributed by atoms with Crippen LogP contribution in [-0.2, 0) is 14.3 Å². The second-order valence-corrected chi connectivity index (χ2v) is 7.56. The lowest BCUT2D eigenvalue weighted by atomic mass is 10.2. The first-order valence-corrected chi connectivity index (χ1v) is 9.70. The third-order valence-electron chi connectivity index (χ3n) is 3.89. The number of rotatable bonds is 5. The average Bonchev–Trinajstić information content (AvgIpc) is 3.34. The first-order valence-electron chi connectivity index (χ1n) is 7.94. The van der Waals surface area contributed by atoms with Gasteiger partial charge in [-0.25, -0.2) is 4.79 Å². The van der Waals surface area contributed by atoms with Gasteiger partial charge in [0.05, 0.1) is 5.57 Å². The fourth-order valence-electron chi connectivity index (χ4n) is 2.65. The van der Waals surface area contributed by atoms with E-state index in [2.05, 4.69) is 0 Å². The molecule has 4 nitrogen and oxygen atoms in total. The van der Waals surface area contributed by atoms with Gasteiger partial charge in [-0.15, -0.1) is 22.7 Å². The number of carbonyl (C=O) groups excluding carboxylic acids is 2. The Morgan fingerprint density at radius 2 is 1.88 bits per heavy atom. The van der Waals surface area contributed by atoms with E-state index in [1.807, 2.05) is 41.1 Å². The van der Waals surface area contributed by atoms with Crippen LogP contribution in [0.4, 0.5) is 0 Å². The number of hydrogen-bond acceptors (Lipinski definition) is 5. The predicted octanol–water partition coefficient (Wildman–Crippen LogP) is 3.90. The summed E-state index contributed by atoms with van der Waals surface area (Å²) in [6, 6.07) is 7.67. The van der Waals surface area contributed by atoms with Crippen LogP contribution in [0.5, 0.6) is 0 Å². The fraction of sp³-hybridized carbons (Fsp3) is 0.333. The molecule has 0 N–H and O–H groups in total. The fourth-order valence-corrected chi connectivity index (χ4v) is 4.03. The largest absolute Gasteiger partial charge is 0.449 e. The zero-order valence-corrected chi connectivity index (χ0v) is 15.1. The summed E-state index contributed by atoms with van der Waals surface area (Å²) in [7, 11) is 0. The first-order chi connectivity index (χ1) is 11.6. The van der Waals surface area contributed by atoms with E-state index < -0.39 is 12.1 Å². The van der Waals surface area contributed by atoms with E-state index in [1.54, 1.807) is 23.2 Å². The summed E-state index contributed by atoms with van der Waals surface area (Å²) in [4.78, 5) is 28.6. The van der Waals surface area contributed by atoms with E-state index in [1.165, 1.54) is 11.3 Å². The normalized spacial score (nSPS) is 16.2. The van der Waals surface area contributed by atoms with Crippen molar-refractivity contribution in [1.82, 2.24) is 4.90 Å². The molecule has 6 heteroatoms. The van der Waals surface area contributed by atoms with E-state index >= 15 is 0 Å². The molecule has 1 amide bonds. The highest BCUT2D eigenvalue weighted by Crippen LogP contribution is 2.26. The lowest BCUT2D eigenvalue weighted by molar-refractivity contribution is -0.153. The maximum Gasteiger partial charge on any atom is 0.340 e. The molecule has 1 fully saturated rings. The summed E-state index contributed by atoms with van der Waals surface area (Å²) in [5.74, 6) is -0.562. The maximum absolute atomic E-state index is 12.6. The molecule has 3 heterocycles. The smallest absolute Gasteiger partial charge is 0.340 e. The van der Waals surface area contributed by atoms with Gasteiger partial charge >= 0.3 is 5.97 Å². The molecule has 1 atom stereocenters. The lowest BCUT2D eigenvalue weighted by Crippen LogP contribution is -2.38. The number of likely N-dealkylation sites (tertiary alicyclic amines) is 1. The molecule has 1 aliphatic heterocycles. The van der Waals surface area contributed by atoms with Crippen LogP contribution in [0.3, 0.4) is 0 Å². The molecule has 0 spiro atoms. The molecule has 0 saturated carbocycles. The Labute approximate surface area is 149 Å². The van der Waals surface area contributed by atoms with Crippen LogP contribution in [0.25, 0.3) is 11.6 Å². The van der Waals surface area contributed by atoms with Crippen molar-refractivity contribution in [3.05, 3.63) is 44.8 Å². The number of amides is 1. The Morgan fingerprint density at radius 3 is 2.50 bits per heavy atom. The highest BCUT2D eigenvalue weighted by molar-refractivity contribution is 7.12. The minimum atomic E-state index is -0.762. The van der Waals surface area contributed by atoms with Gasteiger partial charge in [-0.1, -0.05) is 12.1 Å². The molecule has 1 aliphatic rings. The summed E-state index contributed by atoms with van der Waals surface area (Å²) in [6.45, 7) is 3.16. The number of esters is 1. The van der Waals surface area contributed by atoms with Crippen molar-refractivity contribution in [3.8, 4) is 0 Å². The Bertz CT molecular complexity index is 714. The first kappa shape index (κ1) is 16.9. The van der Waals surface area contributed by atoms with Gasteiger partial charge in [-0.3, -0.25) is 4.79 Å². The van der Waals surface area contributed by atoms with Gasteiger partial charge in [-0.2, -0.15) is 0 Å². The number of nitrogens with zero attached hydrogens (tertiary/aromatic N) is 1. The van der Waals surface area contributed by atoms with Crippen LogP contribution in [0.1, 0.15) is 29.5 Å². The van der Waals surface area contributed by atoms with Crippen LogP contribution >= 0.6 is 22.7 Å². The van der Waals surface area contributed by atoms with Gasteiger partial charge in [-0.05, 0) is 48.7 Å². The van der Waals surface area contributed by atoms with Crippen LogP contribution in [-0.4, -0.2) is 36.0 Å². The molecule has 126 valence electrons. The van der Waals surface area contributed by atoms with Crippen molar-refractivity contribution < 1.29 is 14.3 Å². The van der Waals surface area contributed by atoms with Gasteiger partial charge in [0, 0.05) is 22.8 Å². The van der Waals surface area contributed by atoms with Gasteiger partial charge in [0.1, 0.15) is 0 Å². The highest BCUT2D eigenvalue weighted by Gasteiger charge is 2.27. The Kier molecular flexibility index (Phi) is 5.48. The lowest BCUT2D eigenvalue weighted by Gasteiger charge is -2.20.